The summed E-state index contributed by atoms with van der Waals surface area (Å²) in [6.07, 6.45) is 0. The third-order valence-corrected chi connectivity index (χ3v) is 6.24. The lowest BCUT2D eigenvalue weighted by atomic mass is 10.2. The van der Waals surface area contributed by atoms with Gasteiger partial charge in [0.25, 0.3) is 5.69 Å². The lowest BCUT2D eigenvalue weighted by Gasteiger charge is -2.35. The van der Waals surface area contributed by atoms with Gasteiger partial charge >= 0.3 is 0 Å². The summed E-state index contributed by atoms with van der Waals surface area (Å²) in [5, 5.41) is 20.3. The molecule has 0 atom stereocenters. The van der Waals surface area contributed by atoms with Gasteiger partial charge in [-0.15, -0.1) is 0 Å². The first-order valence-electron chi connectivity index (χ1n) is 7.93. The summed E-state index contributed by atoms with van der Waals surface area (Å²) in [5.74, 6) is 0. The summed E-state index contributed by atoms with van der Waals surface area (Å²) in [6.45, 7) is 1.04. The standard InChI is InChI=1S/C17H16N4O4S/c18-13-14-5-1-4-8-17(14)26(24,25)20-11-9-19(10-12-20)15-6-2-3-7-16(15)21(22)23/h1-8H,9-12H2. The molecule has 2 aromatic rings. The van der Waals surface area contributed by atoms with Crippen molar-refractivity contribution in [3.63, 3.8) is 0 Å². The molecule has 0 radical (unpaired) electrons. The topological polar surface area (TPSA) is 108 Å². The maximum absolute atomic E-state index is 12.8. The van der Waals surface area contributed by atoms with E-state index < -0.39 is 14.9 Å². The van der Waals surface area contributed by atoms with Crippen molar-refractivity contribution in [2.75, 3.05) is 31.1 Å². The predicted molar refractivity (Wildman–Crippen MR) is 95.2 cm³/mol. The average molecular weight is 372 g/mol. The number of piperazine rings is 1. The summed E-state index contributed by atoms with van der Waals surface area (Å²) in [4.78, 5) is 12.5. The highest BCUT2D eigenvalue weighted by molar-refractivity contribution is 7.89. The van der Waals surface area contributed by atoms with Crippen LogP contribution in [0.5, 0.6) is 0 Å². The van der Waals surface area contributed by atoms with Crippen molar-refractivity contribution in [3.8, 4) is 6.07 Å². The number of nitro benzene ring substituents is 1. The maximum atomic E-state index is 12.8. The van der Waals surface area contributed by atoms with Crippen LogP contribution in [0.4, 0.5) is 11.4 Å². The monoisotopic (exact) mass is 372 g/mol. The van der Waals surface area contributed by atoms with Crippen LogP contribution in [0.15, 0.2) is 53.4 Å². The molecule has 134 valence electrons. The van der Waals surface area contributed by atoms with Crippen molar-refractivity contribution in [2.24, 2.45) is 0 Å². The minimum atomic E-state index is -3.79. The summed E-state index contributed by atoms with van der Waals surface area (Å²) >= 11 is 0. The smallest absolute Gasteiger partial charge is 0.292 e. The van der Waals surface area contributed by atoms with E-state index in [1.54, 1.807) is 35.2 Å². The van der Waals surface area contributed by atoms with E-state index >= 15 is 0 Å². The molecule has 8 nitrogen and oxygen atoms in total. The number of sulfonamides is 1. The Balaban J connectivity index is 1.81. The van der Waals surface area contributed by atoms with Crippen molar-refractivity contribution >= 4 is 21.4 Å². The number of nitro groups is 1. The largest absolute Gasteiger partial charge is 0.363 e. The zero-order valence-corrected chi connectivity index (χ0v) is 14.6. The first-order valence-corrected chi connectivity index (χ1v) is 9.37. The third kappa shape index (κ3) is 3.24. The number of rotatable bonds is 4. The van der Waals surface area contributed by atoms with E-state index in [2.05, 4.69) is 0 Å². The molecule has 0 bridgehead atoms. The van der Waals surface area contributed by atoms with Gasteiger partial charge in [0.15, 0.2) is 0 Å². The number of anilines is 1. The molecular weight excluding hydrogens is 356 g/mol. The van der Waals surface area contributed by atoms with Crippen LogP contribution in [-0.2, 0) is 10.0 Å². The minimum absolute atomic E-state index is 0.00127. The molecule has 0 spiro atoms. The summed E-state index contributed by atoms with van der Waals surface area (Å²) < 4.78 is 27.0. The van der Waals surface area contributed by atoms with E-state index in [1.807, 2.05) is 6.07 Å². The van der Waals surface area contributed by atoms with Crippen LogP contribution in [0.25, 0.3) is 0 Å². The molecule has 1 heterocycles. The zero-order chi connectivity index (χ0) is 18.7. The van der Waals surface area contributed by atoms with Crippen molar-refractivity contribution in [1.82, 2.24) is 4.31 Å². The van der Waals surface area contributed by atoms with Gasteiger partial charge in [0.2, 0.25) is 10.0 Å². The van der Waals surface area contributed by atoms with Crippen LogP contribution in [0.1, 0.15) is 5.56 Å². The van der Waals surface area contributed by atoms with Gasteiger partial charge in [0, 0.05) is 32.2 Å². The molecule has 1 saturated heterocycles. The maximum Gasteiger partial charge on any atom is 0.292 e. The van der Waals surface area contributed by atoms with Gasteiger partial charge in [-0.3, -0.25) is 10.1 Å². The fourth-order valence-corrected chi connectivity index (χ4v) is 4.54. The minimum Gasteiger partial charge on any atom is -0.363 e. The van der Waals surface area contributed by atoms with Gasteiger partial charge in [-0.05, 0) is 18.2 Å². The lowest BCUT2D eigenvalue weighted by molar-refractivity contribution is -0.384. The molecule has 26 heavy (non-hydrogen) atoms. The average Bonchev–Trinajstić information content (AvgIpc) is 2.68. The Morgan fingerprint density at radius 3 is 2.27 bits per heavy atom. The lowest BCUT2D eigenvalue weighted by Crippen LogP contribution is -2.48. The predicted octanol–water partition coefficient (Wildman–Crippen LogP) is 1.98. The molecule has 0 aliphatic carbocycles. The van der Waals surface area contributed by atoms with Gasteiger partial charge in [-0.25, -0.2) is 8.42 Å². The Kier molecular flexibility index (Phi) is 4.88. The number of hydrogen-bond acceptors (Lipinski definition) is 6. The molecule has 1 aliphatic heterocycles. The van der Waals surface area contributed by atoms with Gasteiger partial charge in [-0.1, -0.05) is 24.3 Å². The van der Waals surface area contributed by atoms with E-state index in [1.165, 1.54) is 22.5 Å². The van der Waals surface area contributed by atoms with Crippen LogP contribution in [-0.4, -0.2) is 43.8 Å². The zero-order valence-electron chi connectivity index (χ0n) is 13.8. The van der Waals surface area contributed by atoms with E-state index in [0.29, 0.717) is 18.8 Å². The summed E-state index contributed by atoms with van der Waals surface area (Å²) in [7, 11) is -3.79. The first kappa shape index (κ1) is 17.8. The molecular formula is C17H16N4O4S. The second kappa shape index (κ2) is 7.11. The van der Waals surface area contributed by atoms with E-state index in [0.717, 1.165) is 0 Å². The fourth-order valence-electron chi connectivity index (χ4n) is 2.98. The van der Waals surface area contributed by atoms with Crippen LogP contribution >= 0.6 is 0 Å². The second-order valence-corrected chi connectivity index (χ2v) is 7.65. The van der Waals surface area contributed by atoms with Gasteiger partial charge in [0.1, 0.15) is 11.8 Å². The molecule has 0 unspecified atom stereocenters. The SMILES string of the molecule is N#Cc1ccccc1S(=O)(=O)N1CCN(c2ccccc2[N+](=O)[O-])CC1. The Morgan fingerprint density at radius 2 is 1.62 bits per heavy atom. The number of nitriles is 1. The fraction of sp³-hybridized carbons (Fsp3) is 0.235. The second-order valence-electron chi connectivity index (χ2n) is 5.74. The molecule has 0 amide bonds. The molecule has 9 heteroatoms. The molecule has 2 aromatic carbocycles. The summed E-state index contributed by atoms with van der Waals surface area (Å²) in [6, 6.07) is 14.4. The third-order valence-electron chi connectivity index (χ3n) is 4.28. The number of para-hydroxylation sites is 2. The van der Waals surface area contributed by atoms with E-state index in [4.69, 9.17) is 5.26 Å². The Labute approximate surface area is 151 Å². The molecule has 1 fully saturated rings. The number of benzene rings is 2. The van der Waals surface area contributed by atoms with Crippen LogP contribution < -0.4 is 4.90 Å². The van der Waals surface area contributed by atoms with Crippen molar-refractivity contribution in [1.29, 1.82) is 5.26 Å². The van der Waals surface area contributed by atoms with Crippen LogP contribution in [0.3, 0.4) is 0 Å². The molecule has 0 N–H and O–H groups in total. The molecule has 3 rings (SSSR count). The van der Waals surface area contributed by atoms with E-state index in [-0.39, 0.29) is 29.2 Å². The van der Waals surface area contributed by atoms with Gasteiger partial charge in [0.05, 0.1) is 15.4 Å². The van der Waals surface area contributed by atoms with E-state index in [9.17, 15) is 18.5 Å². The quantitative estimate of drug-likeness (QED) is 0.600. The molecule has 1 aliphatic rings. The Bertz CT molecular complexity index is 976. The summed E-state index contributed by atoms with van der Waals surface area (Å²) in [5.41, 5.74) is 0.583. The van der Waals surface area contributed by atoms with Crippen molar-refractivity contribution < 1.29 is 13.3 Å². The van der Waals surface area contributed by atoms with Crippen molar-refractivity contribution in [3.05, 3.63) is 64.2 Å². The normalized spacial score (nSPS) is 15.4. The van der Waals surface area contributed by atoms with Crippen molar-refractivity contribution in [2.45, 2.75) is 4.90 Å². The molecule has 0 aromatic heterocycles. The number of hydrogen-bond donors (Lipinski definition) is 0. The molecule has 0 saturated carbocycles. The Morgan fingerprint density at radius 1 is 1.00 bits per heavy atom. The first-order chi connectivity index (χ1) is 12.4. The van der Waals surface area contributed by atoms with Crippen LogP contribution in [0, 0.1) is 21.4 Å². The Hall–Kier alpha value is -2.96. The number of nitrogens with zero attached hydrogens (tertiary/aromatic N) is 4. The van der Waals surface area contributed by atoms with Gasteiger partial charge < -0.3 is 4.90 Å². The van der Waals surface area contributed by atoms with Crippen LogP contribution in [0.2, 0.25) is 0 Å². The highest BCUT2D eigenvalue weighted by Gasteiger charge is 2.31. The highest BCUT2D eigenvalue weighted by atomic mass is 32.2. The highest BCUT2D eigenvalue weighted by Crippen LogP contribution is 2.29. The van der Waals surface area contributed by atoms with Gasteiger partial charge in [-0.2, -0.15) is 9.57 Å².